The summed E-state index contributed by atoms with van der Waals surface area (Å²) in [5.74, 6) is -0.765. The highest BCUT2D eigenvalue weighted by molar-refractivity contribution is 7.89. The molecule has 254 valence electrons. The molecule has 1 aliphatic rings. The molecule has 0 aliphatic carbocycles. The molecule has 0 radical (unpaired) electrons. The van der Waals surface area contributed by atoms with Crippen LogP contribution in [0.1, 0.15) is 36.1 Å². The van der Waals surface area contributed by atoms with Gasteiger partial charge in [0.2, 0.25) is 26.0 Å². The highest BCUT2D eigenvalue weighted by Crippen LogP contribution is 2.31. The lowest BCUT2D eigenvalue weighted by atomic mass is 10.0. The molecule has 10 nitrogen and oxygen atoms in total. The van der Waals surface area contributed by atoms with Gasteiger partial charge in [0, 0.05) is 30.8 Å². The number of alkyl halides is 3. The van der Waals surface area contributed by atoms with Crippen molar-refractivity contribution in [3.63, 3.8) is 0 Å². The van der Waals surface area contributed by atoms with E-state index in [1.807, 2.05) is 0 Å². The summed E-state index contributed by atoms with van der Waals surface area (Å²) in [5.41, 5.74) is 1.06. The van der Waals surface area contributed by atoms with Crippen LogP contribution in [0.4, 0.5) is 23.5 Å². The number of anilines is 1. The lowest BCUT2D eigenvalue weighted by Gasteiger charge is -2.23. The molecule has 3 aromatic carbocycles. The van der Waals surface area contributed by atoms with Crippen LogP contribution < -0.4 is 10.5 Å². The fourth-order valence-electron chi connectivity index (χ4n) is 5.36. The van der Waals surface area contributed by atoms with Crippen LogP contribution in [0.3, 0.4) is 0 Å². The van der Waals surface area contributed by atoms with E-state index in [9.17, 15) is 39.2 Å². The summed E-state index contributed by atoms with van der Waals surface area (Å²) in [4.78, 5) is 22.2. The zero-order valence-electron chi connectivity index (χ0n) is 25.3. The van der Waals surface area contributed by atoms with Gasteiger partial charge in [-0.05, 0) is 85.8 Å². The number of aryl methyl sites for hydroxylation is 1. The molecule has 1 aliphatic heterocycles. The predicted octanol–water partition coefficient (Wildman–Crippen LogP) is 4.96. The molecule has 5 rings (SSSR count). The van der Waals surface area contributed by atoms with Crippen LogP contribution in [0.2, 0.25) is 0 Å². The molecule has 16 heteroatoms. The van der Waals surface area contributed by atoms with E-state index in [1.165, 1.54) is 24.3 Å². The average Bonchev–Trinajstić information content (AvgIpc) is 3.55. The van der Waals surface area contributed by atoms with Crippen molar-refractivity contribution in [2.24, 2.45) is 5.14 Å². The van der Waals surface area contributed by atoms with Crippen LogP contribution in [0, 0.1) is 5.82 Å². The number of sulfonamides is 2. The third kappa shape index (κ3) is 8.42. The topological polar surface area (TPSA) is 152 Å². The summed E-state index contributed by atoms with van der Waals surface area (Å²) < 4.78 is 104. The normalized spacial score (nSPS) is 15.8. The number of nitrogens with zero attached hydrogens (tertiary/aromatic N) is 3. The minimum Gasteiger partial charge on any atom is -0.354 e. The van der Waals surface area contributed by atoms with Crippen LogP contribution in [0.5, 0.6) is 0 Å². The van der Waals surface area contributed by atoms with Gasteiger partial charge in [-0.25, -0.2) is 36.3 Å². The second kappa shape index (κ2) is 14.1. The summed E-state index contributed by atoms with van der Waals surface area (Å²) in [5, 5.41) is 8.22. The first-order valence-electron chi connectivity index (χ1n) is 14.8. The Balaban J connectivity index is 1.33. The van der Waals surface area contributed by atoms with Crippen molar-refractivity contribution in [3.8, 4) is 11.3 Å². The molecule has 3 N–H and O–H groups in total. The molecule has 1 aromatic heterocycles. The number of ketones is 1. The zero-order valence-corrected chi connectivity index (χ0v) is 27.0. The number of nitrogens with one attached hydrogen (secondary N) is 1. The molecule has 2 heterocycles. The van der Waals surface area contributed by atoms with Crippen LogP contribution in [-0.2, 0) is 43.9 Å². The lowest BCUT2D eigenvalue weighted by molar-refractivity contribution is -0.137. The van der Waals surface area contributed by atoms with Gasteiger partial charge in [0.15, 0.2) is 5.78 Å². The van der Waals surface area contributed by atoms with Gasteiger partial charge in [0.25, 0.3) is 0 Å². The molecule has 4 aromatic rings. The monoisotopic (exact) mass is 705 g/mol. The molecular weight excluding hydrogens is 675 g/mol. The van der Waals surface area contributed by atoms with E-state index in [2.05, 4.69) is 15.3 Å². The third-order valence-corrected chi connectivity index (χ3v) is 10.7. The number of carbonyl (C=O) groups is 1. The minimum absolute atomic E-state index is 0.0280. The van der Waals surface area contributed by atoms with Crippen molar-refractivity contribution in [2.45, 2.75) is 54.1 Å². The van der Waals surface area contributed by atoms with E-state index in [0.29, 0.717) is 42.8 Å². The van der Waals surface area contributed by atoms with Gasteiger partial charge in [0.1, 0.15) is 5.82 Å². The van der Waals surface area contributed by atoms with Crippen LogP contribution in [0.15, 0.2) is 88.7 Å². The van der Waals surface area contributed by atoms with E-state index in [4.69, 9.17) is 5.14 Å². The van der Waals surface area contributed by atoms with Crippen LogP contribution in [-0.4, -0.2) is 56.0 Å². The SMILES string of the molecule is NS(=O)(=O)c1ccc(CCNc2nc(CCC(=O)[C@@H]3CCCN3S(=O)(=O)c3ccc(F)cc3)cc(-c3ccc(C(F)(F)F)cc3)n2)cc1. The summed E-state index contributed by atoms with van der Waals surface area (Å²) >= 11 is 0. The molecule has 48 heavy (non-hydrogen) atoms. The smallest absolute Gasteiger partial charge is 0.354 e. The minimum atomic E-state index is -4.52. The maximum absolute atomic E-state index is 13.4. The fourth-order valence-corrected chi connectivity index (χ4v) is 7.55. The van der Waals surface area contributed by atoms with Crippen LogP contribution >= 0.6 is 0 Å². The molecular formula is C32H31F4N5O5S2. The second-order valence-corrected chi connectivity index (χ2v) is 14.7. The number of benzene rings is 3. The van der Waals surface area contributed by atoms with Gasteiger partial charge >= 0.3 is 6.18 Å². The Morgan fingerprint density at radius 2 is 1.54 bits per heavy atom. The third-order valence-electron chi connectivity index (χ3n) is 7.86. The highest BCUT2D eigenvalue weighted by Gasteiger charge is 2.39. The maximum Gasteiger partial charge on any atom is 0.416 e. The Hall–Kier alpha value is -4.25. The zero-order chi connectivity index (χ0) is 34.7. The lowest BCUT2D eigenvalue weighted by Crippen LogP contribution is -2.40. The Kier molecular flexibility index (Phi) is 10.3. The number of halogens is 4. The number of rotatable bonds is 12. The highest BCUT2D eigenvalue weighted by atomic mass is 32.2. The molecule has 1 atom stereocenters. The summed E-state index contributed by atoms with van der Waals surface area (Å²) in [6.07, 6.45) is -3.26. The number of hydrogen-bond donors (Lipinski definition) is 2. The number of Topliss-reactive ketones (excluding diaryl/α,β-unsaturated/α-hetero) is 1. The molecule has 0 amide bonds. The first-order chi connectivity index (χ1) is 22.6. The van der Waals surface area contributed by atoms with Crippen molar-refractivity contribution in [1.29, 1.82) is 0 Å². The Labute approximate surface area is 275 Å². The number of primary sulfonamides is 1. The van der Waals surface area contributed by atoms with Gasteiger partial charge < -0.3 is 5.32 Å². The van der Waals surface area contributed by atoms with E-state index in [-0.39, 0.29) is 40.9 Å². The van der Waals surface area contributed by atoms with E-state index in [1.54, 1.807) is 18.2 Å². The molecule has 1 fully saturated rings. The van der Waals surface area contributed by atoms with Crippen molar-refractivity contribution in [1.82, 2.24) is 14.3 Å². The van der Waals surface area contributed by atoms with Gasteiger partial charge in [-0.3, -0.25) is 4.79 Å². The van der Waals surface area contributed by atoms with Crippen molar-refractivity contribution >= 4 is 31.8 Å². The molecule has 0 unspecified atom stereocenters. The standard InChI is InChI=1S/C32H31F4N5O5S2/c33-24-9-14-27(15-10-24)48(45,46)41-19-1-2-29(41)30(42)16-11-25-20-28(22-5-7-23(8-6-22)32(34,35)36)40-31(39-25)38-18-17-21-3-12-26(13-4-21)47(37,43)44/h3-10,12-15,20,29H,1-2,11,16-19H2,(H2,37,43,44)(H,38,39,40)/t29-/m0/s1. The van der Waals surface area contributed by atoms with Gasteiger partial charge in [-0.1, -0.05) is 24.3 Å². The first-order valence-corrected chi connectivity index (χ1v) is 17.8. The van der Waals surface area contributed by atoms with Crippen molar-refractivity contribution in [3.05, 3.63) is 102 Å². The molecule has 0 spiro atoms. The summed E-state index contributed by atoms with van der Waals surface area (Å²) in [7, 11) is -7.88. The van der Waals surface area contributed by atoms with Crippen molar-refractivity contribution < 1.29 is 39.2 Å². The Morgan fingerprint density at radius 3 is 2.17 bits per heavy atom. The van der Waals surface area contributed by atoms with E-state index in [0.717, 1.165) is 46.3 Å². The molecule has 0 bridgehead atoms. The molecule has 0 saturated carbocycles. The number of nitrogens with two attached hydrogens (primary N) is 1. The Bertz CT molecular complexity index is 1990. The van der Waals surface area contributed by atoms with Gasteiger partial charge in [0.05, 0.1) is 27.1 Å². The fraction of sp³-hybridized carbons (Fsp3) is 0.281. The predicted molar refractivity (Wildman–Crippen MR) is 169 cm³/mol. The average molecular weight is 706 g/mol. The van der Waals surface area contributed by atoms with E-state index >= 15 is 0 Å². The first kappa shape index (κ1) is 35.1. The van der Waals surface area contributed by atoms with Gasteiger partial charge in [-0.15, -0.1) is 0 Å². The summed E-state index contributed by atoms with van der Waals surface area (Å²) in [6, 6.07) is 15.5. The largest absolute Gasteiger partial charge is 0.416 e. The van der Waals surface area contributed by atoms with Crippen LogP contribution in [0.25, 0.3) is 11.3 Å². The number of aromatic nitrogens is 2. The second-order valence-electron chi connectivity index (χ2n) is 11.2. The maximum atomic E-state index is 13.4. The number of carbonyl (C=O) groups excluding carboxylic acids is 1. The summed E-state index contributed by atoms with van der Waals surface area (Å²) in [6.45, 7) is 0.447. The quantitative estimate of drug-likeness (QED) is 0.196. The Morgan fingerprint density at radius 1 is 0.896 bits per heavy atom. The van der Waals surface area contributed by atoms with Crippen molar-refractivity contribution in [2.75, 3.05) is 18.4 Å². The number of hydrogen-bond acceptors (Lipinski definition) is 8. The van der Waals surface area contributed by atoms with Gasteiger partial charge in [-0.2, -0.15) is 17.5 Å². The molecule has 1 saturated heterocycles. The van der Waals surface area contributed by atoms with E-state index < -0.39 is 43.6 Å².